The second-order valence-corrected chi connectivity index (χ2v) is 5.40. The van der Waals surface area contributed by atoms with Gasteiger partial charge in [-0.25, -0.2) is 13.6 Å². The van der Waals surface area contributed by atoms with E-state index < -0.39 is 23.6 Å². The van der Waals surface area contributed by atoms with Crippen LogP contribution in [0.15, 0.2) is 42.5 Å². The van der Waals surface area contributed by atoms with Gasteiger partial charge in [0, 0.05) is 25.5 Å². The van der Waals surface area contributed by atoms with Crippen LogP contribution in [0.3, 0.4) is 0 Å². The molecule has 2 rings (SSSR count). The highest BCUT2D eigenvalue weighted by atomic mass is 19.1. The number of anilines is 3. The summed E-state index contributed by atoms with van der Waals surface area (Å²) in [5.41, 5.74) is 0.341. The molecule has 3 amide bonds. The molecule has 0 atom stereocenters. The van der Waals surface area contributed by atoms with Gasteiger partial charge in [0.05, 0.1) is 6.54 Å². The molecule has 0 bridgehead atoms. The van der Waals surface area contributed by atoms with Crippen LogP contribution in [0.1, 0.15) is 0 Å². The standard InChI is InChI=1S/C17H18F2N4O2/c1-23(2)16-13(18)8-12(9-14(16)19)22-17(25)20-10-15(24)21-11-6-4-3-5-7-11/h3-9H,10H2,1-2H3,(H,21,24)(H2,20,22,25). The quantitative estimate of drug-likeness (QED) is 0.778. The van der Waals surface area contributed by atoms with Crippen LogP contribution in [0, 0.1) is 11.6 Å². The summed E-state index contributed by atoms with van der Waals surface area (Å²) in [6, 6.07) is 9.99. The minimum Gasteiger partial charge on any atom is -0.373 e. The summed E-state index contributed by atoms with van der Waals surface area (Å²) in [6.07, 6.45) is 0. The molecule has 0 aliphatic heterocycles. The number of urea groups is 1. The number of para-hydroxylation sites is 1. The Balaban J connectivity index is 1.89. The Kier molecular flexibility index (Phi) is 5.89. The molecule has 6 nitrogen and oxygen atoms in total. The maximum atomic E-state index is 13.9. The van der Waals surface area contributed by atoms with Crippen molar-refractivity contribution in [2.24, 2.45) is 0 Å². The molecular weight excluding hydrogens is 330 g/mol. The minimum absolute atomic E-state index is 0.0541. The van der Waals surface area contributed by atoms with Crippen molar-refractivity contribution in [3.05, 3.63) is 54.1 Å². The Hall–Kier alpha value is -3.16. The fourth-order valence-electron chi connectivity index (χ4n) is 2.13. The number of benzene rings is 2. The Labute approximate surface area is 143 Å². The van der Waals surface area contributed by atoms with Gasteiger partial charge in [0.25, 0.3) is 0 Å². The van der Waals surface area contributed by atoms with Crippen molar-refractivity contribution >= 4 is 29.0 Å². The van der Waals surface area contributed by atoms with E-state index >= 15 is 0 Å². The average molecular weight is 348 g/mol. The van der Waals surface area contributed by atoms with Crippen LogP contribution in [0.4, 0.5) is 30.6 Å². The van der Waals surface area contributed by atoms with Crippen molar-refractivity contribution in [1.29, 1.82) is 0 Å². The van der Waals surface area contributed by atoms with Crippen molar-refractivity contribution in [2.75, 3.05) is 36.2 Å². The molecule has 132 valence electrons. The molecule has 3 N–H and O–H groups in total. The zero-order chi connectivity index (χ0) is 18.4. The predicted molar refractivity (Wildman–Crippen MR) is 92.8 cm³/mol. The van der Waals surface area contributed by atoms with Crippen molar-refractivity contribution in [3.8, 4) is 0 Å². The number of hydrogen-bond acceptors (Lipinski definition) is 3. The summed E-state index contributed by atoms with van der Waals surface area (Å²) in [7, 11) is 3.01. The molecule has 0 spiro atoms. The molecule has 25 heavy (non-hydrogen) atoms. The first-order valence-electron chi connectivity index (χ1n) is 7.43. The number of halogens is 2. The summed E-state index contributed by atoms with van der Waals surface area (Å²) in [6.45, 7) is -0.290. The molecule has 0 saturated carbocycles. The SMILES string of the molecule is CN(C)c1c(F)cc(NC(=O)NCC(=O)Nc2ccccc2)cc1F. The van der Waals surface area contributed by atoms with Crippen molar-refractivity contribution in [2.45, 2.75) is 0 Å². The van der Waals surface area contributed by atoms with E-state index in [-0.39, 0.29) is 17.9 Å². The Bertz CT molecular complexity index is 743. The van der Waals surface area contributed by atoms with E-state index in [0.717, 1.165) is 12.1 Å². The molecule has 0 unspecified atom stereocenters. The first kappa shape index (κ1) is 18.2. The van der Waals surface area contributed by atoms with Crippen molar-refractivity contribution in [1.82, 2.24) is 5.32 Å². The lowest BCUT2D eigenvalue weighted by Crippen LogP contribution is -2.35. The first-order valence-corrected chi connectivity index (χ1v) is 7.43. The number of rotatable bonds is 5. The van der Waals surface area contributed by atoms with Crippen LogP contribution in [0.25, 0.3) is 0 Å². The van der Waals surface area contributed by atoms with E-state index in [1.807, 2.05) is 0 Å². The number of carbonyl (C=O) groups excluding carboxylic acids is 2. The first-order chi connectivity index (χ1) is 11.9. The van der Waals surface area contributed by atoms with Gasteiger partial charge >= 0.3 is 6.03 Å². The third-order valence-electron chi connectivity index (χ3n) is 3.19. The largest absolute Gasteiger partial charge is 0.373 e. The zero-order valence-corrected chi connectivity index (χ0v) is 13.8. The Morgan fingerprint density at radius 3 is 2.12 bits per heavy atom. The fraction of sp³-hybridized carbons (Fsp3) is 0.176. The van der Waals surface area contributed by atoms with Gasteiger partial charge in [-0.15, -0.1) is 0 Å². The topological polar surface area (TPSA) is 73.5 Å². The summed E-state index contributed by atoms with van der Waals surface area (Å²) in [4.78, 5) is 24.8. The van der Waals surface area contributed by atoms with Gasteiger partial charge in [0.15, 0.2) is 11.6 Å². The van der Waals surface area contributed by atoms with Crippen LogP contribution in [0.2, 0.25) is 0 Å². The lowest BCUT2D eigenvalue weighted by atomic mass is 10.2. The second-order valence-electron chi connectivity index (χ2n) is 5.40. The van der Waals surface area contributed by atoms with E-state index in [2.05, 4.69) is 16.0 Å². The van der Waals surface area contributed by atoms with E-state index in [1.165, 1.54) is 19.0 Å². The van der Waals surface area contributed by atoms with Gasteiger partial charge in [-0.1, -0.05) is 18.2 Å². The summed E-state index contributed by atoms with van der Waals surface area (Å²) < 4.78 is 27.7. The molecule has 0 aromatic heterocycles. The molecule has 0 fully saturated rings. The monoisotopic (exact) mass is 348 g/mol. The summed E-state index contributed by atoms with van der Waals surface area (Å²) in [5, 5.41) is 7.18. The predicted octanol–water partition coefficient (Wildman–Crippen LogP) is 2.79. The summed E-state index contributed by atoms with van der Waals surface area (Å²) >= 11 is 0. The fourth-order valence-corrected chi connectivity index (χ4v) is 2.13. The van der Waals surface area contributed by atoms with E-state index in [1.54, 1.807) is 30.3 Å². The van der Waals surface area contributed by atoms with Crippen molar-refractivity contribution in [3.63, 3.8) is 0 Å². The van der Waals surface area contributed by atoms with Gasteiger partial charge in [-0.2, -0.15) is 0 Å². The lowest BCUT2D eigenvalue weighted by molar-refractivity contribution is -0.115. The van der Waals surface area contributed by atoms with E-state index in [0.29, 0.717) is 5.69 Å². The Morgan fingerprint density at radius 1 is 0.960 bits per heavy atom. The molecule has 0 saturated heterocycles. The van der Waals surface area contributed by atoms with Gasteiger partial charge in [0.1, 0.15) is 5.69 Å². The highest BCUT2D eigenvalue weighted by Crippen LogP contribution is 2.25. The van der Waals surface area contributed by atoms with Crippen LogP contribution < -0.4 is 20.9 Å². The van der Waals surface area contributed by atoms with Crippen LogP contribution in [-0.2, 0) is 4.79 Å². The molecule has 0 aliphatic carbocycles. The van der Waals surface area contributed by atoms with Gasteiger partial charge in [-0.05, 0) is 24.3 Å². The highest BCUT2D eigenvalue weighted by Gasteiger charge is 2.14. The van der Waals surface area contributed by atoms with Crippen molar-refractivity contribution < 1.29 is 18.4 Å². The number of nitrogens with zero attached hydrogens (tertiary/aromatic N) is 1. The third kappa shape index (κ3) is 5.17. The smallest absolute Gasteiger partial charge is 0.319 e. The number of carbonyl (C=O) groups is 2. The summed E-state index contributed by atoms with van der Waals surface area (Å²) in [5.74, 6) is -2.04. The normalized spacial score (nSPS) is 10.1. The average Bonchev–Trinajstić information content (AvgIpc) is 2.53. The highest BCUT2D eigenvalue weighted by molar-refractivity contribution is 5.97. The zero-order valence-electron chi connectivity index (χ0n) is 13.8. The third-order valence-corrected chi connectivity index (χ3v) is 3.19. The minimum atomic E-state index is -0.804. The van der Waals surface area contributed by atoms with Crippen LogP contribution >= 0.6 is 0 Å². The Morgan fingerprint density at radius 2 is 1.56 bits per heavy atom. The molecule has 0 heterocycles. The molecule has 0 aliphatic rings. The molecule has 8 heteroatoms. The van der Waals surface area contributed by atoms with Gasteiger partial charge in [-0.3, -0.25) is 4.79 Å². The second kappa shape index (κ2) is 8.09. The van der Waals surface area contributed by atoms with Gasteiger partial charge in [0.2, 0.25) is 5.91 Å². The van der Waals surface area contributed by atoms with Crippen LogP contribution in [-0.4, -0.2) is 32.6 Å². The van der Waals surface area contributed by atoms with Crippen LogP contribution in [0.5, 0.6) is 0 Å². The maximum Gasteiger partial charge on any atom is 0.319 e. The molecule has 0 radical (unpaired) electrons. The maximum absolute atomic E-state index is 13.9. The van der Waals surface area contributed by atoms with E-state index in [4.69, 9.17) is 0 Å². The number of nitrogens with one attached hydrogen (secondary N) is 3. The number of amides is 3. The lowest BCUT2D eigenvalue weighted by Gasteiger charge is -2.16. The molecule has 2 aromatic rings. The number of hydrogen-bond donors (Lipinski definition) is 3. The molecule has 2 aromatic carbocycles. The van der Waals surface area contributed by atoms with E-state index in [9.17, 15) is 18.4 Å². The van der Waals surface area contributed by atoms with Gasteiger partial charge < -0.3 is 20.9 Å². The molecular formula is C17H18F2N4O2.